The van der Waals surface area contributed by atoms with Crippen LogP contribution in [0.4, 0.5) is 4.79 Å². The molecule has 0 bridgehead atoms. The number of aromatic nitrogens is 1. The number of carbonyl (C=O) groups is 3. The van der Waals surface area contributed by atoms with Gasteiger partial charge in [-0.05, 0) is 13.3 Å². The summed E-state index contributed by atoms with van der Waals surface area (Å²) in [6.45, 7) is 1.70. The average molecular weight is 285 g/mol. The number of urea groups is 1. The van der Waals surface area contributed by atoms with Crippen LogP contribution in [-0.4, -0.2) is 39.2 Å². The minimum absolute atomic E-state index is 0.00490. The van der Waals surface area contributed by atoms with Crippen LogP contribution in [0.2, 0.25) is 0 Å². The summed E-state index contributed by atoms with van der Waals surface area (Å²) in [5, 5.41) is 21.9. The molecule has 110 valence electrons. The number of amides is 2. The minimum atomic E-state index is -1.30. The Hall–Kier alpha value is -2.58. The van der Waals surface area contributed by atoms with Crippen molar-refractivity contribution < 1.29 is 29.0 Å². The molecule has 0 radical (unpaired) electrons. The summed E-state index contributed by atoms with van der Waals surface area (Å²) in [7, 11) is 0. The molecule has 9 nitrogen and oxygen atoms in total. The third-order valence-corrected chi connectivity index (χ3v) is 2.32. The number of hydrogen-bond acceptors (Lipinski definition) is 5. The van der Waals surface area contributed by atoms with Crippen molar-refractivity contribution in [2.45, 2.75) is 32.4 Å². The summed E-state index contributed by atoms with van der Waals surface area (Å²) in [4.78, 5) is 36.6. The first-order valence-electron chi connectivity index (χ1n) is 5.78. The lowest BCUT2D eigenvalue weighted by molar-refractivity contribution is -0.140. The van der Waals surface area contributed by atoms with E-state index in [1.807, 2.05) is 0 Å². The van der Waals surface area contributed by atoms with Crippen LogP contribution in [0, 0.1) is 6.92 Å². The Labute approximate surface area is 114 Å². The molecule has 1 atom stereocenters. The highest BCUT2D eigenvalue weighted by molar-refractivity contribution is 5.82. The van der Waals surface area contributed by atoms with E-state index in [1.54, 1.807) is 6.92 Å². The van der Waals surface area contributed by atoms with E-state index in [1.165, 1.54) is 6.20 Å². The molecule has 1 unspecified atom stereocenters. The van der Waals surface area contributed by atoms with Gasteiger partial charge < -0.3 is 25.3 Å². The van der Waals surface area contributed by atoms with Gasteiger partial charge in [-0.3, -0.25) is 4.79 Å². The molecule has 2 amide bonds. The second kappa shape index (κ2) is 7.12. The third-order valence-electron chi connectivity index (χ3n) is 2.32. The van der Waals surface area contributed by atoms with Crippen LogP contribution in [0.25, 0.3) is 0 Å². The number of rotatable bonds is 7. The van der Waals surface area contributed by atoms with Gasteiger partial charge in [-0.15, -0.1) is 0 Å². The number of hydrogen-bond donors (Lipinski definition) is 4. The van der Waals surface area contributed by atoms with Crippen LogP contribution in [0.1, 0.15) is 24.5 Å². The number of carboxylic acid groups (broad SMARTS) is 2. The predicted octanol–water partition coefficient (Wildman–Crippen LogP) is 0.100. The Balaban J connectivity index is 2.41. The number of nitrogens with zero attached hydrogens (tertiary/aromatic N) is 1. The van der Waals surface area contributed by atoms with E-state index in [0.717, 1.165) is 0 Å². The molecule has 0 fully saturated rings. The molecule has 9 heteroatoms. The van der Waals surface area contributed by atoms with E-state index in [-0.39, 0.29) is 25.3 Å². The molecule has 0 aliphatic rings. The second-order valence-electron chi connectivity index (χ2n) is 4.01. The molecule has 20 heavy (non-hydrogen) atoms. The van der Waals surface area contributed by atoms with Gasteiger partial charge in [0, 0.05) is 6.42 Å². The molecule has 0 spiro atoms. The van der Waals surface area contributed by atoms with E-state index >= 15 is 0 Å². The van der Waals surface area contributed by atoms with E-state index < -0.39 is 24.0 Å². The van der Waals surface area contributed by atoms with Gasteiger partial charge in [0.25, 0.3) is 0 Å². The quantitative estimate of drug-likeness (QED) is 0.556. The maximum Gasteiger partial charge on any atom is 0.326 e. The summed E-state index contributed by atoms with van der Waals surface area (Å²) < 4.78 is 5.12. The van der Waals surface area contributed by atoms with Crippen molar-refractivity contribution in [1.82, 2.24) is 15.6 Å². The summed E-state index contributed by atoms with van der Waals surface area (Å²) >= 11 is 0. The summed E-state index contributed by atoms with van der Waals surface area (Å²) in [6, 6.07) is -2.00. The van der Waals surface area contributed by atoms with Gasteiger partial charge in [0.05, 0.1) is 12.7 Å². The summed E-state index contributed by atoms with van der Waals surface area (Å²) in [5.74, 6) is -1.55. The van der Waals surface area contributed by atoms with Gasteiger partial charge in [0.15, 0.2) is 0 Å². The summed E-state index contributed by atoms with van der Waals surface area (Å²) in [6.07, 6.45) is 0.939. The Morgan fingerprint density at radius 1 is 1.40 bits per heavy atom. The van der Waals surface area contributed by atoms with Crippen molar-refractivity contribution in [1.29, 1.82) is 0 Å². The Morgan fingerprint density at radius 3 is 2.60 bits per heavy atom. The Kier molecular flexibility index (Phi) is 5.51. The molecule has 1 rings (SSSR count). The SMILES string of the molecule is Cc1cnc(CNC(=O)NC(CCC(=O)O)C(=O)O)o1. The van der Waals surface area contributed by atoms with Crippen molar-refractivity contribution in [3.05, 3.63) is 17.8 Å². The normalized spacial score (nSPS) is 11.7. The van der Waals surface area contributed by atoms with Crippen molar-refractivity contribution in [3.8, 4) is 0 Å². The standard InChI is InChI=1S/C11H15N3O6/c1-6-4-12-8(20-6)5-13-11(19)14-7(10(17)18)2-3-9(15)16/h4,7H,2-3,5H2,1H3,(H,15,16)(H,17,18)(H2,13,14,19). The molecule has 1 aromatic rings. The predicted molar refractivity (Wildman–Crippen MR) is 64.9 cm³/mol. The fourth-order valence-electron chi connectivity index (χ4n) is 1.37. The highest BCUT2D eigenvalue weighted by atomic mass is 16.4. The van der Waals surface area contributed by atoms with Gasteiger partial charge >= 0.3 is 18.0 Å². The van der Waals surface area contributed by atoms with E-state index in [4.69, 9.17) is 14.6 Å². The zero-order valence-corrected chi connectivity index (χ0v) is 10.8. The molecule has 0 aromatic carbocycles. The topological polar surface area (TPSA) is 142 Å². The average Bonchev–Trinajstić information content (AvgIpc) is 2.77. The zero-order chi connectivity index (χ0) is 15.1. The lowest BCUT2D eigenvalue weighted by Crippen LogP contribution is -2.46. The molecule has 0 saturated carbocycles. The van der Waals surface area contributed by atoms with Crippen LogP contribution in [-0.2, 0) is 16.1 Å². The van der Waals surface area contributed by atoms with Crippen LogP contribution >= 0.6 is 0 Å². The number of carbonyl (C=O) groups excluding carboxylic acids is 1. The van der Waals surface area contributed by atoms with Crippen molar-refractivity contribution in [2.24, 2.45) is 0 Å². The lowest BCUT2D eigenvalue weighted by atomic mass is 10.1. The van der Waals surface area contributed by atoms with Crippen LogP contribution in [0.15, 0.2) is 10.6 Å². The van der Waals surface area contributed by atoms with Crippen molar-refractivity contribution in [2.75, 3.05) is 0 Å². The first-order chi connectivity index (χ1) is 9.38. The first kappa shape index (κ1) is 15.5. The molecule has 1 aromatic heterocycles. The smallest absolute Gasteiger partial charge is 0.326 e. The molecular weight excluding hydrogens is 270 g/mol. The van der Waals surface area contributed by atoms with Gasteiger partial charge in [-0.2, -0.15) is 0 Å². The third kappa shape index (κ3) is 5.38. The maximum atomic E-state index is 11.5. The van der Waals surface area contributed by atoms with Crippen LogP contribution < -0.4 is 10.6 Å². The lowest BCUT2D eigenvalue weighted by Gasteiger charge is -2.13. The van der Waals surface area contributed by atoms with Crippen LogP contribution in [0.3, 0.4) is 0 Å². The highest BCUT2D eigenvalue weighted by Gasteiger charge is 2.20. The fraction of sp³-hybridized carbons (Fsp3) is 0.455. The fourth-order valence-corrected chi connectivity index (χ4v) is 1.37. The van der Waals surface area contributed by atoms with E-state index in [0.29, 0.717) is 5.76 Å². The van der Waals surface area contributed by atoms with E-state index in [2.05, 4.69) is 15.6 Å². The Morgan fingerprint density at radius 2 is 2.10 bits per heavy atom. The number of aliphatic carboxylic acids is 2. The van der Waals surface area contributed by atoms with Gasteiger partial charge in [0.2, 0.25) is 5.89 Å². The molecular formula is C11H15N3O6. The molecule has 0 aliphatic carbocycles. The van der Waals surface area contributed by atoms with Crippen molar-refractivity contribution in [3.63, 3.8) is 0 Å². The van der Waals surface area contributed by atoms with Crippen LogP contribution in [0.5, 0.6) is 0 Å². The number of oxazole rings is 1. The van der Waals surface area contributed by atoms with Gasteiger partial charge in [0.1, 0.15) is 11.8 Å². The van der Waals surface area contributed by atoms with E-state index in [9.17, 15) is 14.4 Å². The minimum Gasteiger partial charge on any atom is -0.481 e. The molecule has 0 aliphatic heterocycles. The Bertz CT molecular complexity index is 498. The zero-order valence-electron chi connectivity index (χ0n) is 10.8. The molecule has 0 saturated heterocycles. The molecule has 1 heterocycles. The maximum absolute atomic E-state index is 11.5. The first-order valence-corrected chi connectivity index (χ1v) is 5.78. The summed E-state index contributed by atoms with van der Waals surface area (Å²) in [5.41, 5.74) is 0. The number of aryl methyl sites for hydroxylation is 1. The molecule has 4 N–H and O–H groups in total. The number of nitrogens with one attached hydrogen (secondary N) is 2. The highest BCUT2D eigenvalue weighted by Crippen LogP contribution is 2.01. The van der Waals surface area contributed by atoms with Gasteiger partial charge in [-0.1, -0.05) is 0 Å². The van der Waals surface area contributed by atoms with Gasteiger partial charge in [-0.25, -0.2) is 14.6 Å². The monoisotopic (exact) mass is 285 g/mol. The largest absolute Gasteiger partial charge is 0.481 e. The second-order valence-corrected chi connectivity index (χ2v) is 4.01. The number of carboxylic acids is 2. The van der Waals surface area contributed by atoms with Crippen molar-refractivity contribution >= 4 is 18.0 Å².